The lowest BCUT2D eigenvalue weighted by Gasteiger charge is -2.01. The first-order valence-corrected chi connectivity index (χ1v) is 6.50. The summed E-state index contributed by atoms with van der Waals surface area (Å²) < 4.78 is 15.5. The minimum absolute atomic E-state index is 0.216. The van der Waals surface area contributed by atoms with Crippen LogP contribution in [0.3, 0.4) is 0 Å². The summed E-state index contributed by atoms with van der Waals surface area (Å²) in [5, 5.41) is 9.60. The average molecular weight is 289 g/mol. The van der Waals surface area contributed by atoms with E-state index in [1.807, 2.05) is 18.2 Å². The van der Waals surface area contributed by atoms with Gasteiger partial charge < -0.3 is 19.5 Å². The fraction of sp³-hybridized carbons (Fsp3) is 0.286. The van der Waals surface area contributed by atoms with E-state index in [2.05, 4.69) is 15.5 Å². The number of aromatic nitrogens is 2. The van der Waals surface area contributed by atoms with Gasteiger partial charge in [0.05, 0.1) is 12.3 Å². The van der Waals surface area contributed by atoms with Crippen LogP contribution in [0, 0.1) is 0 Å². The van der Waals surface area contributed by atoms with Gasteiger partial charge in [-0.25, -0.2) is 0 Å². The van der Waals surface area contributed by atoms with Gasteiger partial charge in [0, 0.05) is 19.2 Å². The number of H-pyrrole nitrogens is 1. The largest absolute Gasteiger partial charge is 0.454 e. The van der Waals surface area contributed by atoms with E-state index in [9.17, 15) is 4.79 Å². The number of carbonyl (C=O) groups is 1. The van der Waals surface area contributed by atoms with E-state index < -0.39 is 0 Å². The highest BCUT2D eigenvalue weighted by Crippen LogP contribution is 2.35. The van der Waals surface area contributed by atoms with Crippen LogP contribution < -0.4 is 14.8 Å². The number of hydrogen-bond acceptors (Lipinski definition) is 5. The van der Waals surface area contributed by atoms with Crippen molar-refractivity contribution < 1.29 is 19.0 Å². The molecule has 110 valence electrons. The van der Waals surface area contributed by atoms with Crippen LogP contribution in [-0.4, -0.2) is 43.2 Å². The molecule has 3 rings (SSSR count). The lowest BCUT2D eigenvalue weighted by Crippen LogP contribution is -2.27. The van der Waals surface area contributed by atoms with Gasteiger partial charge in [-0.3, -0.25) is 9.89 Å². The Kier molecular flexibility index (Phi) is 3.74. The summed E-state index contributed by atoms with van der Waals surface area (Å²) in [6, 6.07) is 7.23. The molecule has 0 saturated heterocycles. The zero-order valence-electron chi connectivity index (χ0n) is 11.5. The molecule has 0 radical (unpaired) electrons. The second kappa shape index (κ2) is 5.84. The van der Waals surface area contributed by atoms with Crippen LogP contribution in [0.5, 0.6) is 11.5 Å². The molecule has 7 heteroatoms. The summed E-state index contributed by atoms with van der Waals surface area (Å²) in [4.78, 5) is 11.9. The smallest absolute Gasteiger partial charge is 0.269 e. The molecule has 2 heterocycles. The number of nitrogens with zero attached hydrogens (tertiary/aromatic N) is 1. The van der Waals surface area contributed by atoms with E-state index in [-0.39, 0.29) is 12.7 Å². The Morgan fingerprint density at radius 3 is 3.10 bits per heavy atom. The number of carbonyl (C=O) groups excluding carboxylic acids is 1. The average Bonchev–Trinajstić information content (AvgIpc) is 3.15. The van der Waals surface area contributed by atoms with E-state index in [4.69, 9.17) is 14.2 Å². The van der Waals surface area contributed by atoms with E-state index in [1.165, 1.54) is 0 Å². The summed E-state index contributed by atoms with van der Waals surface area (Å²) in [7, 11) is 1.58. The van der Waals surface area contributed by atoms with Gasteiger partial charge in [-0.1, -0.05) is 0 Å². The molecule has 0 atom stereocenters. The summed E-state index contributed by atoms with van der Waals surface area (Å²) in [5.41, 5.74) is 1.93. The molecule has 0 saturated carbocycles. The molecular weight excluding hydrogens is 274 g/mol. The maximum Gasteiger partial charge on any atom is 0.269 e. The van der Waals surface area contributed by atoms with Crippen molar-refractivity contribution in [3.63, 3.8) is 0 Å². The highest BCUT2D eigenvalue weighted by Gasteiger charge is 2.16. The van der Waals surface area contributed by atoms with Crippen molar-refractivity contribution >= 4 is 5.91 Å². The number of benzene rings is 1. The van der Waals surface area contributed by atoms with E-state index in [0.717, 1.165) is 5.56 Å². The fourth-order valence-electron chi connectivity index (χ4n) is 2.00. The Labute approximate surface area is 121 Å². The van der Waals surface area contributed by atoms with Crippen molar-refractivity contribution in [1.29, 1.82) is 0 Å². The Bertz CT molecular complexity index is 653. The van der Waals surface area contributed by atoms with Crippen LogP contribution in [0.15, 0.2) is 24.3 Å². The van der Waals surface area contributed by atoms with Crippen LogP contribution in [-0.2, 0) is 4.74 Å². The van der Waals surface area contributed by atoms with Gasteiger partial charge in [0.15, 0.2) is 11.5 Å². The minimum Gasteiger partial charge on any atom is -0.454 e. The predicted octanol–water partition coefficient (Wildman–Crippen LogP) is 1.18. The molecule has 1 amide bonds. The van der Waals surface area contributed by atoms with E-state index in [1.54, 1.807) is 13.2 Å². The monoisotopic (exact) mass is 289 g/mol. The molecule has 7 nitrogen and oxygen atoms in total. The first-order chi connectivity index (χ1) is 10.3. The van der Waals surface area contributed by atoms with Gasteiger partial charge in [0.1, 0.15) is 5.69 Å². The number of hydrogen-bond donors (Lipinski definition) is 2. The van der Waals surface area contributed by atoms with Gasteiger partial charge >= 0.3 is 0 Å². The number of rotatable bonds is 5. The molecule has 0 aliphatic carbocycles. The quantitative estimate of drug-likeness (QED) is 0.807. The number of amides is 1. The maximum absolute atomic E-state index is 11.9. The third-order valence-corrected chi connectivity index (χ3v) is 3.08. The molecule has 2 N–H and O–H groups in total. The van der Waals surface area contributed by atoms with Gasteiger partial charge in [0.2, 0.25) is 6.79 Å². The predicted molar refractivity (Wildman–Crippen MR) is 74.4 cm³/mol. The lowest BCUT2D eigenvalue weighted by atomic mass is 10.1. The second-order valence-electron chi connectivity index (χ2n) is 4.48. The Balaban J connectivity index is 1.74. The number of ether oxygens (including phenoxy) is 3. The van der Waals surface area contributed by atoms with Crippen LogP contribution in [0.4, 0.5) is 0 Å². The molecule has 0 fully saturated rings. The van der Waals surface area contributed by atoms with Crippen molar-refractivity contribution in [2.75, 3.05) is 27.1 Å². The maximum atomic E-state index is 11.9. The first-order valence-electron chi connectivity index (χ1n) is 6.50. The molecule has 2 aromatic rings. The highest BCUT2D eigenvalue weighted by atomic mass is 16.7. The van der Waals surface area contributed by atoms with Crippen LogP contribution >= 0.6 is 0 Å². The summed E-state index contributed by atoms with van der Waals surface area (Å²) in [6.07, 6.45) is 0. The SMILES string of the molecule is COCCNC(=O)c1cc(-c2ccc3c(c2)OCO3)n[nH]1. The minimum atomic E-state index is -0.216. The zero-order valence-corrected chi connectivity index (χ0v) is 11.5. The Morgan fingerprint density at radius 2 is 2.24 bits per heavy atom. The summed E-state index contributed by atoms with van der Waals surface area (Å²) in [5.74, 6) is 1.18. The molecule has 1 aromatic heterocycles. The second-order valence-corrected chi connectivity index (χ2v) is 4.48. The molecule has 1 aromatic carbocycles. The van der Waals surface area contributed by atoms with Crippen molar-refractivity contribution in [2.45, 2.75) is 0 Å². The lowest BCUT2D eigenvalue weighted by molar-refractivity contribution is 0.0932. The standard InChI is InChI=1S/C14H15N3O4/c1-19-5-4-15-14(18)11-7-10(16-17-11)9-2-3-12-13(6-9)21-8-20-12/h2-3,6-7H,4-5,8H2,1H3,(H,15,18)(H,16,17). The Hall–Kier alpha value is -2.54. The summed E-state index contributed by atoms with van der Waals surface area (Å²) in [6.45, 7) is 1.15. The van der Waals surface area contributed by atoms with Gasteiger partial charge in [-0.05, 0) is 24.3 Å². The highest BCUT2D eigenvalue weighted by molar-refractivity contribution is 5.93. The molecule has 1 aliphatic rings. The van der Waals surface area contributed by atoms with Crippen LogP contribution in [0.2, 0.25) is 0 Å². The fourth-order valence-corrected chi connectivity index (χ4v) is 2.00. The Morgan fingerprint density at radius 1 is 1.38 bits per heavy atom. The summed E-state index contributed by atoms with van der Waals surface area (Å²) >= 11 is 0. The van der Waals surface area contributed by atoms with Crippen LogP contribution in [0.25, 0.3) is 11.3 Å². The number of fused-ring (bicyclic) bond motifs is 1. The van der Waals surface area contributed by atoms with Crippen LogP contribution in [0.1, 0.15) is 10.5 Å². The number of aromatic amines is 1. The molecule has 21 heavy (non-hydrogen) atoms. The molecule has 0 spiro atoms. The van der Waals surface area contributed by atoms with Gasteiger partial charge in [-0.15, -0.1) is 0 Å². The van der Waals surface area contributed by atoms with E-state index >= 15 is 0 Å². The first kappa shape index (κ1) is 13.4. The topological polar surface area (TPSA) is 85.5 Å². The van der Waals surface area contributed by atoms with Crippen molar-refractivity contribution in [1.82, 2.24) is 15.5 Å². The molecular formula is C14H15N3O4. The van der Waals surface area contributed by atoms with Gasteiger partial charge in [-0.2, -0.15) is 5.10 Å². The van der Waals surface area contributed by atoms with Crippen molar-refractivity contribution in [3.05, 3.63) is 30.0 Å². The molecule has 1 aliphatic heterocycles. The third kappa shape index (κ3) is 2.82. The number of nitrogens with one attached hydrogen (secondary N) is 2. The van der Waals surface area contributed by atoms with Gasteiger partial charge in [0.25, 0.3) is 5.91 Å². The van der Waals surface area contributed by atoms with Crippen molar-refractivity contribution in [3.8, 4) is 22.8 Å². The third-order valence-electron chi connectivity index (χ3n) is 3.08. The molecule has 0 unspecified atom stereocenters. The number of methoxy groups -OCH3 is 1. The van der Waals surface area contributed by atoms with E-state index in [0.29, 0.717) is 36.0 Å². The van der Waals surface area contributed by atoms with Crippen molar-refractivity contribution in [2.24, 2.45) is 0 Å². The molecule has 0 bridgehead atoms. The normalized spacial score (nSPS) is 12.4. The zero-order chi connectivity index (χ0) is 14.7.